The number of hydrogen-bond acceptors (Lipinski definition) is 4. The van der Waals surface area contributed by atoms with Crippen molar-refractivity contribution in [3.63, 3.8) is 0 Å². The van der Waals surface area contributed by atoms with Crippen LogP contribution in [0.1, 0.15) is 45.7 Å². The zero-order chi connectivity index (χ0) is 13.7. The molecule has 0 fully saturated rings. The van der Waals surface area contributed by atoms with Gasteiger partial charge in [0.1, 0.15) is 0 Å². The Morgan fingerprint density at radius 3 is 2.06 bits per heavy atom. The van der Waals surface area contributed by atoms with Gasteiger partial charge in [-0.3, -0.25) is 0 Å². The summed E-state index contributed by atoms with van der Waals surface area (Å²) in [7, 11) is 2.60. The van der Waals surface area contributed by atoms with Gasteiger partial charge >= 0.3 is 11.9 Å². The fraction of sp³-hybridized carbons (Fsp3) is 0.429. The highest BCUT2D eigenvalue weighted by molar-refractivity contribution is 6.04. The Morgan fingerprint density at radius 2 is 1.61 bits per heavy atom. The Labute approximate surface area is 107 Å². The first-order chi connectivity index (χ1) is 8.60. The molecule has 1 rings (SSSR count). The minimum absolute atomic E-state index is 0.262. The molecule has 98 valence electrons. The van der Waals surface area contributed by atoms with E-state index in [4.69, 9.17) is 9.47 Å². The summed E-state index contributed by atoms with van der Waals surface area (Å²) in [6, 6.07) is 3.48. The zero-order valence-corrected chi connectivity index (χ0v) is 11.2. The number of ether oxygens (including phenoxy) is 2. The van der Waals surface area contributed by atoms with Crippen LogP contribution in [0.3, 0.4) is 0 Å². The molecule has 0 aromatic heterocycles. The van der Waals surface area contributed by atoms with E-state index >= 15 is 0 Å². The highest BCUT2D eigenvalue weighted by atomic mass is 16.5. The number of carbonyl (C=O) groups excluding carboxylic acids is 2. The molecule has 18 heavy (non-hydrogen) atoms. The van der Waals surface area contributed by atoms with E-state index in [0.29, 0.717) is 12.0 Å². The molecule has 4 nitrogen and oxygen atoms in total. The van der Waals surface area contributed by atoms with Crippen LogP contribution in [0.15, 0.2) is 12.1 Å². The molecule has 1 aromatic rings. The Hall–Kier alpha value is -1.84. The summed E-state index contributed by atoms with van der Waals surface area (Å²) in [5.41, 5.74) is 2.49. The third-order valence-corrected chi connectivity index (χ3v) is 2.94. The van der Waals surface area contributed by atoms with Gasteiger partial charge in [-0.25, -0.2) is 9.59 Å². The van der Waals surface area contributed by atoms with Crippen LogP contribution in [0.25, 0.3) is 0 Å². The van der Waals surface area contributed by atoms with Gasteiger partial charge in [0.15, 0.2) is 0 Å². The lowest BCUT2D eigenvalue weighted by Crippen LogP contribution is -2.16. The second-order valence-electron chi connectivity index (χ2n) is 3.82. The number of esters is 2. The monoisotopic (exact) mass is 250 g/mol. The predicted molar refractivity (Wildman–Crippen MR) is 67.9 cm³/mol. The summed E-state index contributed by atoms with van der Waals surface area (Å²) in [6.07, 6.45) is 1.47. The Morgan fingerprint density at radius 1 is 1.00 bits per heavy atom. The molecule has 0 spiro atoms. The third-order valence-electron chi connectivity index (χ3n) is 2.94. The van der Waals surface area contributed by atoms with Crippen molar-refractivity contribution in [1.29, 1.82) is 0 Å². The molecular formula is C14H18O4. The van der Waals surface area contributed by atoms with Gasteiger partial charge in [-0.15, -0.1) is 0 Å². The quantitative estimate of drug-likeness (QED) is 0.770. The largest absolute Gasteiger partial charge is 0.465 e. The maximum absolute atomic E-state index is 11.9. The van der Waals surface area contributed by atoms with Crippen molar-refractivity contribution in [2.75, 3.05) is 14.2 Å². The van der Waals surface area contributed by atoms with Crippen molar-refractivity contribution >= 4 is 11.9 Å². The summed E-state index contributed by atoms with van der Waals surface area (Å²) in [5.74, 6) is -1.02. The van der Waals surface area contributed by atoms with Gasteiger partial charge in [-0.05, 0) is 30.0 Å². The lowest BCUT2D eigenvalue weighted by Gasteiger charge is -2.14. The molecule has 1 aromatic carbocycles. The second-order valence-corrected chi connectivity index (χ2v) is 3.82. The summed E-state index contributed by atoms with van der Waals surface area (Å²) >= 11 is 0. The van der Waals surface area contributed by atoms with Gasteiger partial charge < -0.3 is 9.47 Å². The molecule has 0 atom stereocenters. The third kappa shape index (κ3) is 2.53. The van der Waals surface area contributed by atoms with E-state index < -0.39 is 11.9 Å². The van der Waals surface area contributed by atoms with E-state index in [1.54, 1.807) is 6.07 Å². The van der Waals surface area contributed by atoms with Crippen molar-refractivity contribution in [3.05, 3.63) is 34.4 Å². The number of carbonyl (C=O) groups is 2. The molecule has 0 bridgehead atoms. The standard InChI is InChI=1S/C14H18O4/c1-5-9-7-8-11(13(15)17-3)12(10(9)6-2)14(16)18-4/h7-8H,5-6H2,1-4H3. The molecule has 0 amide bonds. The van der Waals surface area contributed by atoms with Gasteiger partial charge in [0.05, 0.1) is 25.3 Å². The Balaban J connectivity index is 3.53. The SMILES string of the molecule is CCc1ccc(C(=O)OC)c(C(=O)OC)c1CC. The molecule has 0 radical (unpaired) electrons. The van der Waals surface area contributed by atoms with Crippen molar-refractivity contribution in [2.45, 2.75) is 26.7 Å². The molecule has 0 aliphatic heterocycles. The van der Waals surface area contributed by atoms with E-state index in [9.17, 15) is 9.59 Å². The van der Waals surface area contributed by atoms with Crippen LogP contribution >= 0.6 is 0 Å². The van der Waals surface area contributed by atoms with E-state index in [1.807, 2.05) is 19.9 Å². The lowest BCUT2D eigenvalue weighted by molar-refractivity contribution is 0.0554. The molecule has 0 heterocycles. The molecule has 0 aliphatic carbocycles. The first kappa shape index (κ1) is 14.2. The molecule has 0 aliphatic rings. The van der Waals surface area contributed by atoms with Crippen LogP contribution in [0.4, 0.5) is 0 Å². The molecule has 4 heteroatoms. The minimum Gasteiger partial charge on any atom is -0.465 e. The van der Waals surface area contributed by atoms with Gasteiger partial charge in [0.25, 0.3) is 0 Å². The first-order valence-corrected chi connectivity index (χ1v) is 5.91. The van der Waals surface area contributed by atoms with E-state index in [-0.39, 0.29) is 5.56 Å². The maximum atomic E-state index is 11.9. The maximum Gasteiger partial charge on any atom is 0.339 e. The van der Waals surface area contributed by atoms with Crippen LogP contribution in [0.5, 0.6) is 0 Å². The van der Waals surface area contributed by atoms with E-state index in [2.05, 4.69) is 0 Å². The molecular weight excluding hydrogens is 232 g/mol. The van der Waals surface area contributed by atoms with Gasteiger partial charge in [-0.2, -0.15) is 0 Å². The van der Waals surface area contributed by atoms with Crippen LogP contribution in [0, 0.1) is 0 Å². The number of rotatable bonds is 4. The summed E-state index contributed by atoms with van der Waals surface area (Å²) in [5, 5.41) is 0. The molecule has 0 saturated heterocycles. The van der Waals surface area contributed by atoms with Crippen LogP contribution in [0.2, 0.25) is 0 Å². The first-order valence-electron chi connectivity index (χ1n) is 5.91. The average Bonchev–Trinajstić information content (AvgIpc) is 2.43. The van der Waals surface area contributed by atoms with E-state index in [0.717, 1.165) is 17.5 Å². The summed E-state index contributed by atoms with van der Waals surface area (Å²) < 4.78 is 9.46. The zero-order valence-electron chi connectivity index (χ0n) is 11.2. The van der Waals surface area contributed by atoms with Gasteiger partial charge in [0.2, 0.25) is 0 Å². The van der Waals surface area contributed by atoms with Crippen molar-refractivity contribution < 1.29 is 19.1 Å². The highest BCUT2D eigenvalue weighted by Crippen LogP contribution is 2.22. The lowest BCUT2D eigenvalue weighted by atomic mass is 9.93. The fourth-order valence-corrected chi connectivity index (χ4v) is 2.04. The van der Waals surface area contributed by atoms with Gasteiger partial charge in [0, 0.05) is 0 Å². The summed E-state index contributed by atoms with van der Waals surface area (Å²) in [4.78, 5) is 23.6. The normalized spacial score (nSPS) is 10.0. The molecule has 0 N–H and O–H groups in total. The number of hydrogen-bond donors (Lipinski definition) is 0. The van der Waals surface area contributed by atoms with Crippen LogP contribution in [-0.2, 0) is 22.3 Å². The smallest absolute Gasteiger partial charge is 0.339 e. The van der Waals surface area contributed by atoms with Gasteiger partial charge in [-0.1, -0.05) is 19.9 Å². The van der Waals surface area contributed by atoms with Crippen LogP contribution in [-0.4, -0.2) is 26.2 Å². The predicted octanol–water partition coefficient (Wildman–Crippen LogP) is 2.38. The average molecular weight is 250 g/mol. The van der Waals surface area contributed by atoms with Crippen molar-refractivity contribution in [3.8, 4) is 0 Å². The topological polar surface area (TPSA) is 52.6 Å². The van der Waals surface area contributed by atoms with Crippen molar-refractivity contribution in [2.24, 2.45) is 0 Å². The number of aryl methyl sites for hydroxylation is 1. The molecule has 0 saturated carbocycles. The van der Waals surface area contributed by atoms with Crippen molar-refractivity contribution in [1.82, 2.24) is 0 Å². The fourth-order valence-electron chi connectivity index (χ4n) is 2.04. The molecule has 0 unspecified atom stereocenters. The van der Waals surface area contributed by atoms with E-state index in [1.165, 1.54) is 14.2 Å². The van der Waals surface area contributed by atoms with Crippen LogP contribution < -0.4 is 0 Å². The summed E-state index contributed by atoms with van der Waals surface area (Å²) in [6.45, 7) is 3.95. The minimum atomic E-state index is -0.521. The Kier molecular flexibility index (Phi) is 4.89. The second kappa shape index (κ2) is 6.19. The number of benzene rings is 1. The Bertz CT molecular complexity index is 463. The highest BCUT2D eigenvalue weighted by Gasteiger charge is 2.23. The number of methoxy groups -OCH3 is 2.